The predicted octanol–water partition coefficient (Wildman–Crippen LogP) is 2.36. The lowest BCUT2D eigenvalue weighted by Crippen LogP contribution is -2.04. The van der Waals surface area contributed by atoms with E-state index in [9.17, 15) is 0 Å². The third-order valence-corrected chi connectivity index (χ3v) is 3.12. The SMILES string of the molecule is COCCn1c(=S)[nH]c2cc(OC)c(OC)cc21. The second kappa shape index (κ2) is 5.41. The minimum absolute atomic E-state index is 0.607. The molecule has 0 unspecified atom stereocenters. The lowest BCUT2D eigenvalue weighted by atomic mass is 10.2. The number of H-pyrrole nitrogens is 1. The number of methoxy groups -OCH3 is 3. The number of benzene rings is 1. The van der Waals surface area contributed by atoms with E-state index >= 15 is 0 Å². The van der Waals surface area contributed by atoms with Crippen molar-refractivity contribution in [2.75, 3.05) is 27.9 Å². The highest BCUT2D eigenvalue weighted by Gasteiger charge is 2.10. The number of hydrogen-bond donors (Lipinski definition) is 1. The molecule has 0 spiro atoms. The minimum Gasteiger partial charge on any atom is -0.493 e. The summed E-state index contributed by atoms with van der Waals surface area (Å²) in [5, 5.41) is 0. The number of aromatic amines is 1. The Hall–Kier alpha value is -1.53. The van der Waals surface area contributed by atoms with E-state index in [1.165, 1.54) is 0 Å². The molecule has 1 N–H and O–H groups in total. The first-order valence-electron chi connectivity index (χ1n) is 5.54. The molecule has 0 amide bonds. The van der Waals surface area contributed by atoms with Crippen molar-refractivity contribution in [1.82, 2.24) is 9.55 Å². The van der Waals surface area contributed by atoms with Crippen LogP contribution in [0.4, 0.5) is 0 Å². The van der Waals surface area contributed by atoms with Gasteiger partial charge in [0, 0.05) is 25.8 Å². The van der Waals surface area contributed by atoms with E-state index in [1.54, 1.807) is 21.3 Å². The molecule has 2 rings (SSSR count). The number of aromatic nitrogens is 2. The van der Waals surface area contributed by atoms with Crippen LogP contribution in [0.5, 0.6) is 11.5 Å². The van der Waals surface area contributed by atoms with Crippen molar-refractivity contribution in [3.63, 3.8) is 0 Å². The maximum absolute atomic E-state index is 5.30. The molecular formula is C12H16N2O3S. The summed E-state index contributed by atoms with van der Waals surface area (Å²) in [7, 11) is 4.90. The largest absolute Gasteiger partial charge is 0.493 e. The van der Waals surface area contributed by atoms with Crippen molar-refractivity contribution in [1.29, 1.82) is 0 Å². The van der Waals surface area contributed by atoms with Gasteiger partial charge in [0.2, 0.25) is 0 Å². The monoisotopic (exact) mass is 268 g/mol. The number of imidazole rings is 1. The highest BCUT2D eigenvalue weighted by atomic mass is 32.1. The van der Waals surface area contributed by atoms with Gasteiger partial charge in [-0.15, -0.1) is 0 Å². The fraction of sp³-hybridized carbons (Fsp3) is 0.417. The molecule has 0 fully saturated rings. The molecule has 1 aromatic heterocycles. The highest BCUT2D eigenvalue weighted by Crippen LogP contribution is 2.31. The third kappa shape index (κ3) is 2.21. The summed E-state index contributed by atoms with van der Waals surface area (Å²) < 4.78 is 18.3. The van der Waals surface area contributed by atoms with Crippen molar-refractivity contribution in [2.24, 2.45) is 0 Å². The number of ether oxygens (including phenoxy) is 3. The van der Waals surface area contributed by atoms with Gasteiger partial charge >= 0.3 is 0 Å². The van der Waals surface area contributed by atoms with Crippen molar-refractivity contribution in [3.05, 3.63) is 16.9 Å². The molecule has 0 aliphatic carbocycles. The summed E-state index contributed by atoms with van der Waals surface area (Å²) in [6.45, 7) is 1.31. The maximum atomic E-state index is 5.30. The van der Waals surface area contributed by atoms with E-state index in [2.05, 4.69) is 4.98 Å². The summed E-state index contributed by atoms with van der Waals surface area (Å²) in [4.78, 5) is 3.15. The van der Waals surface area contributed by atoms with E-state index in [1.807, 2.05) is 16.7 Å². The van der Waals surface area contributed by atoms with Gasteiger partial charge in [-0.1, -0.05) is 0 Å². The van der Waals surface area contributed by atoms with Gasteiger partial charge in [-0.05, 0) is 12.2 Å². The van der Waals surface area contributed by atoms with Crippen LogP contribution < -0.4 is 9.47 Å². The van der Waals surface area contributed by atoms with Gasteiger partial charge in [-0.3, -0.25) is 0 Å². The lowest BCUT2D eigenvalue weighted by Gasteiger charge is -2.08. The number of hydrogen-bond acceptors (Lipinski definition) is 4. The third-order valence-electron chi connectivity index (χ3n) is 2.80. The van der Waals surface area contributed by atoms with Crippen LogP contribution >= 0.6 is 12.2 Å². The number of nitrogens with one attached hydrogen (secondary N) is 1. The van der Waals surface area contributed by atoms with Crippen LogP contribution in [-0.2, 0) is 11.3 Å². The van der Waals surface area contributed by atoms with Gasteiger partial charge in [0.05, 0.1) is 31.9 Å². The number of nitrogens with zero attached hydrogens (tertiary/aromatic N) is 1. The Morgan fingerprint density at radius 2 is 1.83 bits per heavy atom. The summed E-state index contributed by atoms with van der Waals surface area (Å²) in [6.07, 6.45) is 0. The first kappa shape index (κ1) is 12.9. The quantitative estimate of drug-likeness (QED) is 0.846. The van der Waals surface area contributed by atoms with Crippen molar-refractivity contribution < 1.29 is 14.2 Å². The molecule has 6 heteroatoms. The van der Waals surface area contributed by atoms with Crippen molar-refractivity contribution >= 4 is 23.3 Å². The zero-order chi connectivity index (χ0) is 13.1. The van der Waals surface area contributed by atoms with E-state index < -0.39 is 0 Å². The molecule has 2 aromatic rings. The smallest absolute Gasteiger partial charge is 0.178 e. The van der Waals surface area contributed by atoms with E-state index in [-0.39, 0.29) is 0 Å². The average Bonchev–Trinajstić information content (AvgIpc) is 2.69. The Bertz CT molecular complexity index is 603. The Morgan fingerprint density at radius 1 is 1.17 bits per heavy atom. The Morgan fingerprint density at radius 3 is 2.44 bits per heavy atom. The normalized spacial score (nSPS) is 10.8. The fourth-order valence-corrected chi connectivity index (χ4v) is 2.19. The summed E-state index contributed by atoms with van der Waals surface area (Å²) in [5.74, 6) is 1.37. The van der Waals surface area contributed by atoms with Crippen LogP contribution in [0, 0.1) is 4.77 Å². The zero-order valence-corrected chi connectivity index (χ0v) is 11.5. The lowest BCUT2D eigenvalue weighted by molar-refractivity contribution is 0.188. The summed E-state index contributed by atoms with van der Waals surface area (Å²) >= 11 is 5.30. The van der Waals surface area contributed by atoms with Gasteiger partial charge < -0.3 is 23.8 Å². The van der Waals surface area contributed by atoms with Gasteiger partial charge in [-0.2, -0.15) is 0 Å². The first-order valence-corrected chi connectivity index (χ1v) is 5.95. The number of rotatable bonds is 5. The molecule has 0 aliphatic heterocycles. The van der Waals surface area contributed by atoms with Crippen LogP contribution in [0.2, 0.25) is 0 Å². The Kier molecular flexibility index (Phi) is 3.88. The Balaban J connectivity index is 2.59. The highest BCUT2D eigenvalue weighted by molar-refractivity contribution is 7.71. The summed E-state index contributed by atoms with van der Waals surface area (Å²) in [5.41, 5.74) is 1.91. The van der Waals surface area contributed by atoms with Gasteiger partial charge in [0.25, 0.3) is 0 Å². The molecule has 0 bridgehead atoms. The molecule has 0 saturated carbocycles. The van der Waals surface area contributed by atoms with Crippen LogP contribution in [-0.4, -0.2) is 37.5 Å². The van der Waals surface area contributed by atoms with E-state index in [0.717, 1.165) is 11.0 Å². The topological polar surface area (TPSA) is 48.4 Å². The Labute approximate surface area is 110 Å². The predicted molar refractivity (Wildman–Crippen MR) is 72.1 cm³/mol. The van der Waals surface area contributed by atoms with Gasteiger partial charge in [0.15, 0.2) is 16.3 Å². The molecule has 98 valence electrons. The van der Waals surface area contributed by atoms with Crippen molar-refractivity contribution in [3.8, 4) is 11.5 Å². The van der Waals surface area contributed by atoms with E-state index in [4.69, 9.17) is 26.4 Å². The molecule has 0 atom stereocenters. The standard InChI is InChI=1S/C12H16N2O3S/c1-15-5-4-14-9-7-11(17-3)10(16-2)6-8(9)13-12(14)18/h6-7H,4-5H2,1-3H3,(H,13,18). The second-order valence-electron chi connectivity index (χ2n) is 3.80. The second-order valence-corrected chi connectivity index (χ2v) is 4.19. The molecule has 0 saturated heterocycles. The van der Waals surface area contributed by atoms with Crippen LogP contribution in [0.3, 0.4) is 0 Å². The van der Waals surface area contributed by atoms with Crippen LogP contribution in [0.1, 0.15) is 0 Å². The molecule has 1 aromatic carbocycles. The van der Waals surface area contributed by atoms with Crippen LogP contribution in [0.15, 0.2) is 12.1 Å². The zero-order valence-electron chi connectivity index (χ0n) is 10.6. The first-order chi connectivity index (χ1) is 8.71. The fourth-order valence-electron chi connectivity index (χ4n) is 1.89. The molecule has 5 nitrogen and oxygen atoms in total. The van der Waals surface area contributed by atoms with Crippen molar-refractivity contribution in [2.45, 2.75) is 6.54 Å². The molecular weight excluding hydrogens is 252 g/mol. The van der Waals surface area contributed by atoms with Gasteiger partial charge in [0.1, 0.15) is 0 Å². The molecule has 0 radical (unpaired) electrons. The number of fused-ring (bicyclic) bond motifs is 1. The molecule has 18 heavy (non-hydrogen) atoms. The average molecular weight is 268 g/mol. The molecule has 0 aliphatic rings. The molecule has 1 heterocycles. The van der Waals surface area contributed by atoms with Gasteiger partial charge in [-0.25, -0.2) is 0 Å². The maximum Gasteiger partial charge on any atom is 0.178 e. The summed E-state index contributed by atoms with van der Waals surface area (Å²) in [6, 6.07) is 3.80. The van der Waals surface area contributed by atoms with Crippen LogP contribution in [0.25, 0.3) is 11.0 Å². The minimum atomic E-state index is 0.607. The van der Waals surface area contributed by atoms with E-state index in [0.29, 0.717) is 29.4 Å².